The third kappa shape index (κ3) is 1.50. The molecule has 1 saturated heterocycles. The molecule has 9 heavy (non-hydrogen) atoms. The molecule has 0 aliphatic carbocycles. The molecule has 1 aliphatic rings. The highest BCUT2D eigenvalue weighted by molar-refractivity contribution is 5.54. The van der Waals surface area contributed by atoms with E-state index in [2.05, 4.69) is 0 Å². The number of aliphatic hydroxyl groups excluding tert-OH is 1. The lowest BCUT2D eigenvalue weighted by molar-refractivity contribution is -0.162. The van der Waals surface area contributed by atoms with Gasteiger partial charge in [0.25, 0.3) is 0 Å². The van der Waals surface area contributed by atoms with Gasteiger partial charge in [0, 0.05) is 6.61 Å². The number of hydrogen-bond donors (Lipinski definition) is 1. The first-order valence-electron chi connectivity index (χ1n) is 3.09. The first-order valence-corrected chi connectivity index (χ1v) is 3.09. The van der Waals surface area contributed by atoms with Gasteiger partial charge in [-0.3, -0.25) is 0 Å². The number of rotatable bonds is 1. The second kappa shape index (κ2) is 2.94. The van der Waals surface area contributed by atoms with Crippen molar-refractivity contribution in [1.29, 1.82) is 0 Å². The van der Waals surface area contributed by atoms with E-state index in [9.17, 15) is 4.79 Å². The van der Waals surface area contributed by atoms with Crippen LogP contribution in [0.3, 0.4) is 0 Å². The minimum Gasteiger partial charge on any atom is -0.367 e. The van der Waals surface area contributed by atoms with Crippen molar-refractivity contribution in [3.8, 4) is 0 Å². The zero-order chi connectivity index (χ0) is 6.69. The zero-order valence-corrected chi connectivity index (χ0v) is 5.12. The van der Waals surface area contributed by atoms with Gasteiger partial charge in [0.15, 0.2) is 6.29 Å². The third-order valence-electron chi connectivity index (χ3n) is 1.51. The van der Waals surface area contributed by atoms with E-state index in [4.69, 9.17) is 9.84 Å². The second-order valence-electron chi connectivity index (χ2n) is 2.20. The summed E-state index contributed by atoms with van der Waals surface area (Å²) >= 11 is 0. The lowest BCUT2D eigenvalue weighted by Crippen LogP contribution is -2.29. The molecule has 52 valence electrons. The lowest BCUT2D eigenvalue weighted by atomic mass is 10.0. The van der Waals surface area contributed by atoms with Crippen LogP contribution in [0.2, 0.25) is 0 Å². The van der Waals surface area contributed by atoms with Gasteiger partial charge in [-0.2, -0.15) is 0 Å². The van der Waals surface area contributed by atoms with Gasteiger partial charge in [-0.15, -0.1) is 0 Å². The molecule has 0 aromatic rings. The Morgan fingerprint density at radius 1 is 1.67 bits per heavy atom. The molecule has 3 heteroatoms. The molecule has 0 radical (unpaired) electrons. The van der Waals surface area contributed by atoms with E-state index in [0.29, 0.717) is 6.61 Å². The summed E-state index contributed by atoms with van der Waals surface area (Å²) in [5.74, 6) is -0.293. The Balaban J connectivity index is 2.38. The molecule has 0 spiro atoms. The van der Waals surface area contributed by atoms with E-state index in [1.807, 2.05) is 0 Å². The van der Waals surface area contributed by atoms with Crippen LogP contribution in [-0.2, 0) is 9.53 Å². The summed E-state index contributed by atoms with van der Waals surface area (Å²) in [7, 11) is 0. The van der Waals surface area contributed by atoms with Crippen molar-refractivity contribution < 1.29 is 14.6 Å². The average Bonchev–Trinajstić information content (AvgIpc) is 1.89. The molecule has 0 amide bonds. The van der Waals surface area contributed by atoms with Gasteiger partial charge in [-0.1, -0.05) is 0 Å². The molecule has 2 unspecified atom stereocenters. The first-order chi connectivity index (χ1) is 4.34. The highest BCUT2D eigenvalue weighted by Gasteiger charge is 2.22. The summed E-state index contributed by atoms with van der Waals surface area (Å²) in [6.45, 7) is 0.575. The van der Waals surface area contributed by atoms with Crippen molar-refractivity contribution in [2.75, 3.05) is 6.61 Å². The van der Waals surface area contributed by atoms with Crippen molar-refractivity contribution in [3.63, 3.8) is 0 Å². The Bertz CT molecular complexity index is 102. The molecule has 1 N–H and O–H groups in total. The predicted octanol–water partition coefficient (Wildman–Crippen LogP) is -0.0697. The van der Waals surface area contributed by atoms with Gasteiger partial charge in [0.1, 0.15) is 6.29 Å². The fourth-order valence-corrected chi connectivity index (χ4v) is 0.925. The zero-order valence-electron chi connectivity index (χ0n) is 5.12. The van der Waals surface area contributed by atoms with E-state index in [0.717, 1.165) is 19.1 Å². The third-order valence-corrected chi connectivity index (χ3v) is 1.51. The summed E-state index contributed by atoms with van der Waals surface area (Å²) in [5, 5.41) is 8.92. The van der Waals surface area contributed by atoms with Crippen molar-refractivity contribution in [3.05, 3.63) is 0 Å². The Hall–Kier alpha value is -0.410. The SMILES string of the molecule is O=CC1CCCOC1O. The monoisotopic (exact) mass is 130 g/mol. The van der Waals surface area contributed by atoms with Crippen molar-refractivity contribution in [2.45, 2.75) is 19.1 Å². The Kier molecular flexibility index (Phi) is 2.19. The molecule has 1 heterocycles. The summed E-state index contributed by atoms with van der Waals surface area (Å²) in [4.78, 5) is 10.1. The maximum atomic E-state index is 10.1. The maximum absolute atomic E-state index is 10.1. The minimum absolute atomic E-state index is 0.293. The number of ether oxygens (including phenoxy) is 1. The fraction of sp³-hybridized carbons (Fsp3) is 0.833. The van der Waals surface area contributed by atoms with Crippen molar-refractivity contribution in [1.82, 2.24) is 0 Å². The summed E-state index contributed by atoms with van der Waals surface area (Å²) in [6, 6.07) is 0. The van der Waals surface area contributed by atoms with E-state index in [1.54, 1.807) is 0 Å². The van der Waals surface area contributed by atoms with Crippen LogP contribution in [0.4, 0.5) is 0 Å². The highest BCUT2D eigenvalue weighted by Crippen LogP contribution is 2.15. The summed E-state index contributed by atoms with van der Waals surface area (Å²) in [5.41, 5.74) is 0. The molecule has 1 aliphatic heterocycles. The van der Waals surface area contributed by atoms with Crippen LogP contribution in [-0.4, -0.2) is 24.3 Å². The number of carbonyl (C=O) groups excluding carboxylic acids is 1. The molecule has 0 aromatic heterocycles. The number of aliphatic hydroxyl groups is 1. The van der Waals surface area contributed by atoms with Gasteiger partial charge in [0.05, 0.1) is 5.92 Å². The lowest BCUT2D eigenvalue weighted by Gasteiger charge is -2.22. The van der Waals surface area contributed by atoms with Crippen LogP contribution in [0.5, 0.6) is 0 Å². The van der Waals surface area contributed by atoms with Crippen LogP contribution in [0.25, 0.3) is 0 Å². The normalized spacial score (nSPS) is 36.1. The number of hydrogen-bond acceptors (Lipinski definition) is 3. The minimum atomic E-state index is -0.851. The van der Waals surface area contributed by atoms with Crippen molar-refractivity contribution in [2.24, 2.45) is 5.92 Å². The maximum Gasteiger partial charge on any atom is 0.163 e. The van der Waals surface area contributed by atoms with E-state index in [-0.39, 0.29) is 5.92 Å². The standard InChI is InChI=1S/C6H10O3/c7-4-5-2-1-3-9-6(5)8/h4-6,8H,1-3H2. The molecule has 2 atom stereocenters. The molecule has 1 rings (SSSR count). The topological polar surface area (TPSA) is 46.5 Å². The van der Waals surface area contributed by atoms with Crippen LogP contribution in [0.15, 0.2) is 0 Å². The largest absolute Gasteiger partial charge is 0.367 e. The Morgan fingerprint density at radius 3 is 2.89 bits per heavy atom. The van der Waals surface area contributed by atoms with Gasteiger partial charge in [0.2, 0.25) is 0 Å². The Morgan fingerprint density at radius 2 is 2.44 bits per heavy atom. The molecular formula is C6H10O3. The summed E-state index contributed by atoms with van der Waals surface area (Å²) < 4.78 is 4.81. The van der Waals surface area contributed by atoms with Crippen LogP contribution in [0, 0.1) is 5.92 Å². The van der Waals surface area contributed by atoms with Crippen LogP contribution < -0.4 is 0 Å². The average molecular weight is 130 g/mol. The van der Waals surface area contributed by atoms with E-state index in [1.165, 1.54) is 0 Å². The fourth-order valence-electron chi connectivity index (χ4n) is 0.925. The molecule has 1 fully saturated rings. The van der Waals surface area contributed by atoms with Gasteiger partial charge in [-0.05, 0) is 12.8 Å². The highest BCUT2D eigenvalue weighted by atomic mass is 16.6. The molecule has 0 bridgehead atoms. The number of carbonyl (C=O) groups is 1. The predicted molar refractivity (Wildman–Crippen MR) is 30.7 cm³/mol. The first kappa shape index (κ1) is 6.71. The molecule has 0 aromatic carbocycles. The second-order valence-corrected chi connectivity index (χ2v) is 2.20. The molecule has 3 nitrogen and oxygen atoms in total. The van der Waals surface area contributed by atoms with Crippen molar-refractivity contribution >= 4 is 6.29 Å². The van der Waals surface area contributed by atoms with Crippen LogP contribution >= 0.6 is 0 Å². The van der Waals surface area contributed by atoms with E-state index < -0.39 is 6.29 Å². The van der Waals surface area contributed by atoms with Gasteiger partial charge >= 0.3 is 0 Å². The Labute approximate surface area is 53.6 Å². The van der Waals surface area contributed by atoms with Gasteiger partial charge < -0.3 is 14.6 Å². The smallest absolute Gasteiger partial charge is 0.163 e. The quantitative estimate of drug-likeness (QED) is 0.505. The van der Waals surface area contributed by atoms with Crippen LogP contribution in [0.1, 0.15) is 12.8 Å². The number of aldehydes is 1. The van der Waals surface area contributed by atoms with E-state index >= 15 is 0 Å². The molecule has 0 saturated carbocycles. The summed E-state index contributed by atoms with van der Waals surface area (Å²) in [6.07, 6.45) is 1.53. The molecular weight excluding hydrogens is 120 g/mol. The van der Waals surface area contributed by atoms with Gasteiger partial charge in [-0.25, -0.2) is 0 Å².